The van der Waals surface area contributed by atoms with Gasteiger partial charge in [-0.1, -0.05) is 13.0 Å². The van der Waals surface area contributed by atoms with Crippen LogP contribution < -0.4 is 0 Å². The van der Waals surface area contributed by atoms with Crippen molar-refractivity contribution in [3.05, 3.63) is 29.6 Å². The van der Waals surface area contributed by atoms with Gasteiger partial charge in [0.05, 0.1) is 0 Å². The lowest BCUT2D eigenvalue weighted by molar-refractivity contribution is 0.189. The predicted molar refractivity (Wildman–Crippen MR) is 66.4 cm³/mol. The molecule has 0 aromatic heterocycles. The Balaban J connectivity index is 2.11. The van der Waals surface area contributed by atoms with E-state index in [9.17, 15) is 4.39 Å². The largest absolute Gasteiger partial charge is 0.505 e. The van der Waals surface area contributed by atoms with E-state index in [1.807, 2.05) is 0 Å². The average Bonchev–Trinajstić information content (AvgIpc) is 2.65. The van der Waals surface area contributed by atoms with Gasteiger partial charge >= 0.3 is 0 Å². The molecule has 1 aliphatic rings. The van der Waals surface area contributed by atoms with Crippen molar-refractivity contribution in [2.24, 2.45) is 0 Å². The molecule has 1 heterocycles. The molecule has 17 heavy (non-hydrogen) atoms. The summed E-state index contributed by atoms with van der Waals surface area (Å²) in [6.45, 7) is 5.20. The van der Waals surface area contributed by atoms with Gasteiger partial charge in [0, 0.05) is 18.6 Å². The van der Waals surface area contributed by atoms with Gasteiger partial charge in [0.1, 0.15) is 0 Å². The van der Waals surface area contributed by atoms with E-state index in [1.165, 1.54) is 25.0 Å². The molecule has 1 aromatic carbocycles. The molecule has 94 valence electrons. The second-order valence-electron chi connectivity index (χ2n) is 4.95. The molecular weight excluding hydrogens is 217 g/mol. The first kappa shape index (κ1) is 12.4. The van der Waals surface area contributed by atoms with Crippen molar-refractivity contribution in [1.29, 1.82) is 0 Å². The number of phenols is 1. The molecule has 2 rings (SSSR count). The molecule has 1 aliphatic heterocycles. The van der Waals surface area contributed by atoms with E-state index < -0.39 is 5.82 Å². The van der Waals surface area contributed by atoms with Crippen molar-refractivity contribution in [1.82, 2.24) is 4.90 Å². The van der Waals surface area contributed by atoms with Crippen molar-refractivity contribution in [2.75, 3.05) is 0 Å². The van der Waals surface area contributed by atoms with Crippen molar-refractivity contribution in [2.45, 2.75) is 51.7 Å². The third kappa shape index (κ3) is 2.60. The molecule has 3 heteroatoms. The first-order chi connectivity index (χ1) is 8.11. The second-order valence-corrected chi connectivity index (χ2v) is 4.95. The van der Waals surface area contributed by atoms with Crippen LogP contribution in [0.15, 0.2) is 18.2 Å². The third-order valence-electron chi connectivity index (χ3n) is 3.80. The Labute approximate surface area is 102 Å². The van der Waals surface area contributed by atoms with Crippen LogP contribution in [0.4, 0.5) is 4.39 Å². The molecule has 0 aliphatic carbocycles. The van der Waals surface area contributed by atoms with Crippen LogP contribution in [0.25, 0.3) is 0 Å². The summed E-state index contributed by atoms with van der Waals surface area (Å²) in [7, 11) is 0. The summed E-state index contributed by atoms with van der Waals surface area (Å²) in [4.78, 5) is 2.44. The van der Waals surface area contributed by atoms with Gasteiger partial charge in [-0.3, -0.25) is 4.90 Å². The van der Waals surface area contributed by atoms with Crippen LogP contribution >= 0.6 is 0 Å². The zero-order valence-electron chi connectivity index (χ0n) is 10.5. The van der Waals surface area contributed by atoms with Crippen LogP contribution in [-0.4, -0.2) is 22.1 Å². The van der Waals surface area contributed by atoms with Gasteiger partial charge in [0.15, 0.2) is 11.6 Å². The van der Waals surface area contributed by atoms with Crippen LogP contribution in [-0.2, 0) is 6.54 Å². The minimum Gasteiger partial charge on any atom is -0.505 e. The van der Waals surface area contributed by atoms with E-state index in [2.05, 4.69) is 18.7 Å². The zero-order valence-corrected chi connectivity index (χ0v) is 10.5. The quantitative estimate of drug-likeness (QED) is 0.872. The summed E-state index contributed by atoms with van der Waals surface area (Å²) in [6.07, 6.45) is 3.60. The van der Waals surface area contributed by atoms with Crippen LogP contribution in [0, 0.1) is 5.82 Å². The predicted octanol–water partition coefficient (Wildman–Crippen LogP) is 3.29. The highest BCUT2D eigenvalue weighted by molar-refractivity contribution is 5.28. The van der Waals surface area contributed by atoms with Gasteiger partial charge in [-0.15, -0.1) is 0 Å². The fraction of sp³-hybridized carbons (Fsp3) is 0.571. The Hall–Kier alpha value is -1.09. The van der Waals surface area contributed by atoms with E-state index in [4.69, 9.17) is 5.11 Å². The number of phenolic OH excluding ortho intramolecular Hbond substituents is 1. The Morgan fingerprint density at radius 1 is 1.41 bits per heavy atom. The molecule has 2 atom stereocenters. The van der Waals surface area contributed by atoms with Crippen molar-refractivity contribution < 1.29 is 9.50 Å². The van der Waals surface area contributed by atoms with Crippen LogP contribution in [0.5, 0.6) is 5.75 Å². The Kier molecular flexibility index (Phi) is 3.67. The van der Waals surface area contributed by atoms with Crippen LogP contribution in [0.3, 0.4) is 0 Å². The molecule has 1 fully saturated rings. The van der Waals surface area contributed by atoms with E-state index in [1.54, 1.807) is 6.07 Å². The molecule has 0 bridgehead atoms. The second kappa shape index (κ2) is 5.05. The molecule has 2 nitrogen and oxygen atoms in total. The summed E-state index contributed by atoms with van der Waals surface area (Å²) in [5.74, 6) is -0.794. The number of hydrogen-bond acceptors (Lipinski definition) is 2. The summed E-state index contributed by atoms with van der Waals surface area (Å²) in [5.41, 5.74) is 0.938. The molecule has 0 spiro atoms. The molecule has 1 N–H and O–H groups in total. The number of halogens is 1. The Morgan fingerprint density at radius 3 is 2.82 bits per heavy atom. The molecule has 2 unspecified atom stereocenters. The molecular formula is C14H20FNO. The lowest BCUT2D eigenvalue weighted by Gasteiger charge is -2.27. The lowest BCUT2D eigenvalue weighted by Crippen LogP contribution is -2.33. The SMILES string of the molecule is CCC1CCC(C)N1Cc1ccc(O)c(F)c1. The fourth-order valence-electron chi connectivity index (χ4n) is 2.71. The topological polar surface area (TPSA) is 23.5 Å². The van der Waals surface area contributed by atoms with Crippen molar-refractivity contribution in [3.8, 4) is 5.75 Å². The van der Waals surface area contributed by atoms with E-state index in [0.717, 1.165) is 18.5 Å². The van der Waals surface area contributed by atoms with E-state index in [-0.39, 0.29) is 5.75 Å². The number of nitrogens with zero attached hydrogens (tertiary/aromatic N) is 1. The maximum atomic E-state index is 13.3. The summed E-state index contributed by atoms with van der Waals surface area (Å²) >= 11 is 0. The van der Waals surface area contributed by atoms with Crippen LogP contribution in [0.1, 0.15) is 38.7 Å². The minimum absolute atomic E-state index is 0.268. The standard InChI is InChI=1S/C14H20FNO/c1-3-12-6-4-10(2)16(12)9-11-5-7-14(17)13(15)8-11/h5,7-8,10,12,17H,3-4,6,9H2,1-2H3. The van der Waals surface area contributed by atoms with Crippen molar-refractivity contribution >= 4 is 0 Å². The maximum Gasteiger partial charge on any atom is 0.165 e. The highest BCUT2D eigenvalue weighted by Gasteiger charge is 2.28. The third-order valence-corrected chi connectivity index (χ3v) is 3.80. The normalized spacial score (nSPS) is 25.4. The average molecular weight is 237 g/mol. The number of aromatic hydroxyl groups is 1. The number of rotatable bonds is 3. The minimum atomic E-state index is -0.526. The number of hydrogen-bond donors (Lipinski definition) is 1. The summed E-state index contributed by atoms with van der Waals surface area (Å²) in [6, 6.07) is 5.86. The molecule has 0 amide bonds. The first-order valence-electron chi connectivity index (χ1n) is 6.35. The van der Waals surface area contributed by atoms with Gasteiger partial charge in [-0.25, -0.2) is 4.39 Å². The molecule has 0 saturated carbocycles. The molecule has 0 radical (unpaired) electrons. The Bertz CT molecular complexity index is 394. The smallest absolute Gasteiger partial charge is 0.165 e. The maximum absolute atomic E-state index is 13.3. The summed E-state index contributed by atoms with van der Waals surface area (Å²) < 4.78 is 13.3. The highest BCUT2D eigenvalue weighted by atomic mass is 19.1. The van der Waals surface area contributed by atoms with E-state index in [0.29, 0.717) is 12.1 Å². The molecule has 1 aromatic rings. The van der Waals surface area contributed by atoms with Gasteiger partial charge < -0.3 is 5.11 Å². The summed E-state index contributed by atoms with van der Waals surface area (Å²) in [5, 5.41) is 9.17. The monoisotopic (exact) mass is 237 g/mol. The van der Waals surface area contributed by atoms with Crippen molar-refractivity contribution in [3.63, 3.8) is 0 Å². The Morgan fingerprint density at radius 2 is 2.18 bits per heavy atom. The lowest BCUT2D eigenvalue weighted by atomic mass is 10.1. The van der Waals surface area contributed by atoms with Crippen LogP contribution in [0.2, 0.25) is 0 Å². The fourth-order valence-corrected chi connectivity index (χ4v) is 2.71. The first-order valence-corrected chi connectivity index (χ1v) is 6.35. The number of likely N-dealkylation sites (tertiary alicyclic amines) is 1. The van der Waals surface area contributed by atoms with Gasteiger partial charge in [0.2, 0.25) is 0 Å². The number of benzene rings is 1. The molecule has 1 saturated heterocycles. The zero-order chi connectivity index (χ0) is 12.4. The highest BCUT2D eigenvalue weighted by Crippen LogP contribution is 2.28. The van der Waals surface area contributed by atoms with Gasteiger partial charge in [0.25, 0.3) is 0 Å². The van der Waals surface area contributed by atoms with Gasteiger partial charge in [-0.05, 0) is 43.9 Å². The van der Waals surface area contributed by atoms with Gasteiger partial charge in [-0.2, -0.15) is 0 Å². The van der Waals surface area contributed by atoms with E-state index >= 15 is 0 Å².